The third-order valence-electron chi connectivity index (χ3n) is 3.56. The van der Waals surface area contributed by atoms with Crippen molar-refractivity contribution in [1.82, 2.24) is 4.98 Å². The van der Waals surface area contributed by atoms with Crippen LogP contribution in [0.25, 0.3) is 0 Å². The second-order valence-corrected chi connectivity index (χ2v) is 5.94. The van der Waals surface area contributed by atoms with Gasteiger partial charge in [-0.15, -0.1) is 11.8 Å². The van der Waals surface area contributed by atoms with Gasteiger partial charge in [0, 0.05) is 29.8 Å². The summed E-state index contributed by atoms with van der Waals surface area (Å²) in [7, 11) is 0. The van der Waals surface area contributed by atoms with E-state index in [-0.39, 0.29) is 5.92 Å². The number of oxime groups is 1. The van der Waals surface area contributed by atoms with Gasteiger partial charge in [0.05, 0.1) is 5.92 Å². The van der Waals surface area contributed by atoms with Crippen LogP contribution < -0.4 is 0 Å². The van der Waals surface area contributed by atoms with Gasteiger partial charge in [0.15, 0.2) is 0 Å². The van der Waals surface area contributed by atoms with Crippen molar-refractivity contribution in [2.75, 3.05) is 6.26 Å². The highest BCUT2D eigenvalue weighted by Crippen LogP contribution is 2.38. The van der Waals surface area contributed by atoms with E-state index in [1.807, 2.05) is 42.7 Å². The molecule has 0 aliphatic carbocycles. The van der Waals surface area contributed by atoms with Gasteiger partial charge in [-0.25, -0.2) is 0 Å². The van der Waals surface area contributed by atoms with E-state index in [2.05, 4.69) is 10.1 Å². The predicted molar refractivity (Wildman–Crippen MR) is 83.4 cm³/mol. The van der Waals surface area contributed by atoms with Crippen molar-refractivity contribution in [3.63, 3.8) is 0 Å². The minimum absolute atomic E-state index is 0.333. The average Bonchev–Trinajstić information content (AvgIpc) is 2.83. The first-order valence-corrected chi connectivity index (χ1v) is 7.87. The average molecular weight is 300 g/mol. The summed E-state index contributed by atoms with van der Waals surface area (Å²) in [6.45, 7) is 1.63. The Labute approximate surface area is 127 Å². The van der Waals surface area contributed by atoms with Crippen molar-refractivity contribution >= 4 is 17.5 Å². The summed E-state index contributed by atoms with van der Waals surface area (Å²) >= 11 is 1.69. The number of rotatable bonds is 3. The SMILES string of the molecule is CSc1ccc(C2=NOC(C)(O)C2c2ccncc2)cc1. The van der Waals surface area contributed by atoms with Crippen LogP contribution in [0.5, 0.6) is 0 Å². The van der Waals surface area contributed by atoms with Gasteiger partial charge in [-0.05, 0) is 36.1 Å². The summed E-state index contributed by atoms with van der Waals surface area (Å²) in [5.74, 6) is -1.69. The molecule has 2 unspecified atom stereocenters. The molecule has 5 heteroatoms. The lowest BCUT2D eigenvalue weighted by molar-refractivity contribution is -0.179. The molecule has 0 radical (unpaired) electrons. The molecule has 0 bridgehead atoms. The molecule has 21 heavy (non-hydrogen) atoms. The monoisotopic (exact) mass is 300 g/mol. The molecular formula is C16H16N2O2S. The summed E-state index contributed by atoms with van der Waals surface area (Å²) in [6.07, 6.45) is 5.45. The number of thioether (sulfide) groups is 1. The molecular weight excluding hydrogens is 284 g/mol. The molecule has 0 saturated carbocycles. The molecule has 2 heterocycles. The summed E-state index contributed by atoms with van der Waals surface area (Å²) in [4.78, 5) is 10.5. The first-order chi connectivity index (χ1) is 10.1. The molecule has 3 rings (SSSR count). The number of benzene rings is 1. The molecule has 1 aliphatic heterocycles. The summed E-state index contributed by atoms with van der Waals surface area (Å²) in [5, 5.41) is 14.6. The third kappa shape index (κ3) is 2.66. The minimum atomic E-state index is -1.35. The van der Waals surface area contributed by atoms with E-state index in [4.69, 9.17) is 4.84 Å². The number of aliphatic hydroxyl groups is 1. The molecule has 1 N–H and O–H groups in total. The van der Waals surface area contributed by atoms with Gasteiger partial charge in [-0.1, -0.05) is 17.3 Å². The first-order valence-electron chi connectivity index (χ1n) is 6.64. The maximum atomic E-state index is 10.5. The van der Waals surface area contributed by atoms with Gasteiger partial charge in [-0.3, -0.25) is 4.98 Å². The topological polar surface area (TPSA) is 54.7 Å². The Morgan fingerprint density at radius 3 is 2.43 bits per heavy atom. The molecule has 0 saturated heterocycles. The summed E-state index contributed by atoms with van der Waals surface area (Å²) in [6, 6.07) is 11.8. The molecule has 2 aromatic rings. The lowest BCUT2D eigenvalue weighted by atomic mass is 9.85. The van der Waals surface area contributed by atoms with Gasteiger partial charge >= 0.3 is 0 Å². The van der Waals surface area contributed by atoms with E-state index < -0.39 is 5.79 Å². The van der Waals surface area contributed by atoms with Crippen LogP contribution >= 0.6 is 11.8 Å². The van der Waals surface area contributed by atoms with E-state index in [9.17, 15) is 5.11 Å². The molecule has 4 nitrogen and oxygen atoms in total. The zero-order valence-corrected chi connectivity index (χ0v) is 12.7. The van der Waals surface area contributed by atoms with E-state index in [1.54, 1.807) is 31.1 Å². The van der Waals surface area contributed by atoms with Gasteiger partial charge in [-0.2, -0.15) is 0 Å². The smallest absolute Gasteiger partial charge is 0.244 e. The van der Waals surface area contributed by atoms with Gasteiger partial charge in [0.2, 0.25) is 5.79 Å². The number of hydrogen-bond donors (Lipinski definition) is 1. The number of pyridine rings is 1. The number of nitrogens with zero attached hydrogens (tertiary/aromatic N) is 2. The van der Waals surface area contributed by atoms with Crippen LogP contribution in [0.15, 0.2) is 58.8 Å². The summed E-state index contributed by atoms with van der Waals surface area (Å²) < 4.78 is 0. The highest BCUT2D eigenvalue weighted by Gasteiger charge is 2.45. The van der Waals surface area contributed by atoms with Crippen molar-refractivity contribution < 1.29 is 9.94 Å². The van der Waals surface area contributed by atoms with Crippen LogP contribution in [0.1, 0.15) is 24.0 Å². The fraction of sp³-hybridized carbons (Fsp3) is 0.250. The van der Waals surface area contributed by atoms with Crippen LogP contribution in [0.4, 0.5) is 0 Å². The van der Waals surface area contributed by atoms with E-state index in [0.717, 1.165) is 16.8 Å². The Balaban J connectivity index is 2.00. The Hall–Kier alpha value is -1.85. The van der Waals surface area contributed by atoms with Crippen molar-refractivity contribution in [1.29, 1.82) is 0 Å². The minimum Gasteiger partial charge on any atom is -0.359 e. The van der Waals surface area contributed by atoms with Crippen molar-refractivity contribution in [3.05, 3.63) is 59.9 Å². The Bertz CT molecular complexity index is 654. The first kappa shape index (κ1) is 14.1. The lowest BCUT2D eigenvalue weighted by Gasteiger charge is -2.24. The van der Waals surface area contributed by atoms with E-state index in [1.165, 1.54) is 4.90 Å². The molecule has 1 aliphatic rings. The standard InChI is InChI=1S/C16H16N2O2S/c1-16(19)14(11-7-9-17-10-8-11)15(18-20-16)12-3-5-13(21-2)6-4-12/h3-10,14,19H,1-2H3. The second kappa shape index (κ2) is 5.50. The molecule has 2 atom stereocenters. The Morgan fingerprint density at radius 2 is 1.81 bits per heavy atom. The fourth-order valence-corrected chi connectivity index (χ4v) is 2.91. The van der Waals surface area contributed by atoms with E-state index >= 15 is 0 Å². The fourth-order valence-electron chi connectivity index (χ4n) is 2.50. The highest BCUT2D eigenvalue weighted by molar-refractivity contribution is 7.98. The molecule has 1 aromatic heterocycles. The second-order valence-electron chi connectivity index (χ2n) is 5.06. The van der Waals surface area contributed by atoms with Gasteiger partial charge in [0.1, 0.15) is 5.71 Å². The van der Waals surface area contributed by atoms with Crippen molar-refractivity contribution in [3.8, 4) is 0 Å². The third-order valence-corrected chi connectivity index (χ3v) is 4.31. The number of hydrogen-bond acceptors (Lipinski definition) is 5. The molecule has 0 fully saturated rings. The zero-order chi connectivity index (χ0) is 14.9. The largest absolute Gasteiger partial charge is 0.359 e. The predicted octanol–water partition coefficient (Wildman–Crippen LogP) is 3.03. The Morgan fingerprint density at radius 1 is 1.14 bits per heavy atom. The molecule has 0 amide bonds. The Kier molecular flexibility index (Phi) is 3.69. The van der Waals surface area contributed by atoms with Crippen molar-refractivity contribution in [2.24, 2.45) is 5.16 Å². The quantitative estimate of drug-likeness (QED) is 0.885. The molecule has 108 valence electrons. The van der Waals surface area contributed by atoms with Crippen LogP contribution in [0.3, 0.4) is 0 Å². The van der Waals surface area contributed by atoms with Crippen molar-refractivity contribution in [2.45, 2.75) is 23.5 Å². The van der Waals surface area contributed by atoms with Gasteiger partial charge < -0.3 is 9.94 Å². The van der Waals surface area contributed by atoms with Crippen LogP contribution in [0.2, 0.25) is 0 Å². The highest BCUT2D eigenvalue weighted by atomic mass is 32.2. The van der Waals surface area contributed by atoms with Crippen LogP contribution in [-0.4, -0.2) is 27.8 Å². The zero-order valence-electron chi connectivity index (χ0n) is 11.9. The van der Waals surface area contributed by atoms with Crippen LogP contribution in [0, 0.1) is 0 Å². The van der Waals surface area contributed by atoms with Gasteiger partial charge in [0.25, 0.3) is 0 Å². The van der Waals surface area contributed by atoms with Crippen LogP contribution in [-0.2, 0) is 4.84 Å². The number of aromatic nitrogens is 1. The maximum Gasteiger partial charge on any atom is 0.244 e. The molecule has 0 spiro atoms. The summed E-state index contributed by atoms with van der Waals surface area (Å²) in [5.41, 5.74) is 2.62. The van der Waals surface area contributed by atoms with E-state index in [0.29, 0.717) is 0 Å². The normalized spacial score (nSPS) is 24.5. The maximum absolute atomic E-state index is 10.5. The molecule has 1 aromatic carbocycles. The lowest BCUT2D eigenvalue weighted by Crippen LogP contribution is -2.34.